The number of benzene rings is 1. The summed E-state index contributed by atoms with van der Waals surface area (Å²) in [4.78, 5) is 10.4. The van der Waals surface area contributed by atoms with E-state index < -0.39 is 13.1 Å². The third-order valence-electron chi connectivity index (χ3n) is 1.41. The van der Waals surface area contributed by atoms with Crippen molar-refractivity contribution in [2.45, 2.75) is 0 Å². The first kappa shape index (κ1) is 17.1. The van der Waals surface area contributed by atoms with Gasteiger partial charge in [-0.3, -0.25) is 0 Å². The molecule has 0 aliphatic carbocycles. The maximum absolute atomic E-state index is 10.4. The molecule has 0 spiro atoms. The van der Waals surface area contributed by atoms with Gasteiger partial charge in [-0.25, -0.2) is 4.79 Å². The maximum Gasteiger partial charge on any atom is 1.00 e. The van der Waals surface area contributed by atoms with Crippen molar-refractivity contribution in [1.29, 1.82) is 0 Å². The Hall–Kier alpha value is 0.675. The summed E-state index contributed by atoms with van der Waals surface area (Å²) in [5.74, 6) is -1.14. The van der Waals surface area contributed by atoms with Crippen LogP contribution in [0.25, 0.3) is 0 Å². The summed E-state index contributed by atoms with van der Waals surface area (Å²) in [6.45, 7) is 0. The number of carboxylic acid groups (broad SMARTS) is 1. The largest absolute Gasteiger partial charge is 1.00 e. The number of carbonyl (C=O) groups is 1. The van der Waals surface area contributed by atoms with Crippen LogP contribution in [0.4, 0.5) is 0 Å². The van der Waals surface area contributed by atoms with E-state index in [-0.39, 0.29) is 70.1 Å². The van der Waals surface area contributed by atoms with Crippen LogP contribution in [0, 0.1) is 0 Å². The molecule has 14 heavy (non-hydrogen) atoms. The Morgan fingerprint density at radius 1 is 1.29 bits per heavy atom. The summed E-state index contributed by atoms with van der Waals surface area (Å²) >= 11 is 0. The molecule has 0 aromatic heterocycles. The van der Waals surface area contributed by atoms with Crippen molar-refractivity contribution in [3.05, 3.63) is 29.8 Å². The fourth-order valence-electron chi connectivity index (χ4n) is 0.818. The van der Waals surface area contributed by atoms with Gasteiger partial charge in [-0.05, 0) is 6.07 Å². The standard InChI is InChI=1S/C7H5BO4.2Na/c9-7(10)5-2-1-3-6(4-5)8(11)12;;/h1-4H,(H,9,10);;/q-2;2*+1. The Labute approximate surface area is 126 Å². The van der Waals surface area contributed by atoms with E-state index in [0.717, 1.165) is 6.07 Å². The SMILES string of the molecule is O=C(O)c1cccc(B([O-])[O-])c1.[Na+].[Na+]. The van der Waals surface area contributed by atoms with Gasteiger partial charge in [0.05, 0.1) is 5.56 Å². The van der Waals surface area contributed by atoms with E-state index in [9.17, 15) is 14.8 Å². The number of carboxylic acids is 1. The molecule has 0 fully saturated rings. The van der Waals surface area contributed by atoms with E-state index in [1.807, 2.05) is 0 Å². The first-order chi connectivity index (χ1) is 5.61. The molecule has 0 saturated carbocycles. The second-order valence-corrected chi connectivity index (χ2v) is 2.26. The molecule has 4 nitrogen and oxygen atoms in total. The molecule has 1 aromatic carbocycles. The quantitative estimate of drug-likeness (QED) is 0.491. The zero-order chi connectivity index (χ0) is 9.14. The zero-order valence-corrected chi connectivity index (χ0v) is 12.1. The normalized spacial score (nSPS) is 8.14. The number of aromatic carboxylic acids is 1. The van der Waals surface area contributed by atoms with Crippen molar-refractivity contribution < 1.29 is 79.1 Å². The van der Waals surface area contributed by atoms with Crippen LogP contribution in [0.3, 0.4) is 0 Å². The second-order valence-electron chi connectivity index (χ2n) is 2.26. The summed E-state index contributed by atoms with van der Waals surface area (Å²) in [7, 11) is -2.12. The van der Waals surface area contributed by atoms with Crippen molar-refractivity contribution in [3.63, 3.8) is 0 Å². The fourth-order valence-corrected chi connectivity index (χ4v) is 0.818. The van der Waals surface area contributed by atoms with Gasteiger partial charge in [0.15, 0.2) is 0 Å². The molecule has 0 atom stereocenters. The third kappa shape index (κ3) is 4.95. The van der Waals surface area contributed by atoms with Crippen molar-refractivity contribution in [1.82, 2.24) is 0 Å². The van der Waals surface area contributed by atoms with Crippen molar-refractivity contribution >= 4 is 18.6 Å². The molecule has 1 aromatic rings. The van der Waals surface area contributed by atoms with Crippen molar-refractivity contribution in [3.8, 4) is 0 Å². The Balaban J connectivity index is 0. The Morgan fingerprint density at radius 2 is 1.86 bits per heavy atom. The fraction of sp³-hybridized carbons (Fsp3) is 0. The molecule has 0 heterocycles. The van der Waals surface area contributed by atoms with Gasteiger partial charge in [0, 0.05) is 0 Å². The van der Waals surface area contributed by atoms with Gasteiger partial charge < -0.3 is 15.2 Å². The minimum absolute atomic E-state index is 0. The van der Waals surface area contributed by atoms with E-state index in [0.29, 0.717) is 0 Å². The molecular weight excluding hydrogens is 205 g/mol. The average molecular weight is 210 g/mol. The monoisotopic (exact) mass is 210 g/mol. The summed E-state index contributed by atoms with van der Waals surface area (Å²) in [5.41, 5.74) is -0.0842. The van der Waals surface area contributed by atoms with Crippen LogP contribution in [0.15, 0.2) is 24.3 Å². The van der Waals surface area contributed by atoms with Gasteiger partial charge >= 0.3 is 65.1 Å². The van der Waals surface area contributed by atoms with E-state index in [2.05, 4.69) is 0 Å². The van der Waals surface area contributed by atoms with Crippen LogP contribution in [0.5, 0.6) is 0 Å². The first-order valence-corrected chi connectivity index (χ1v) is 3.26. The number of hydrogen-bond donors (Lipinski definition) is 1. The topological polar surface area (TPSA) is 83.4 Å². The second kappa shape index (κ2) is 7.90. The van der Waals surface area contributed by atoms with Crippen LogP contribution < -0.4 is 74.6 Å². The van der Waals surface area contributed by atoms with Gasteiger partial charge in [0.25, 0.3) is 0 Å². The molecule has 1 N–H and O–H groups in total. The number of rotatable bonds is 2. The molecule has 7 heteroatoms. The Kier molecular flexibility index (Phi) is 9.64. The predicted molar refractivity (Wildman–Crippen MR) is 38.8 cm³/mol. The van der Waals surface area contributed by atoms with Crippen molar-refractivity contribution in [2.24, 2.45) is 0 Å². The van der Waals surface area contributed by atoms with Crippen molar-refractivity contribution in [2.75, 3.05) is 0 Å². The van der Waals surface area contributed by atoms with E-state index in [1.54, 1.807) is 0 Å². The van der Waals surface area contributed by atoms with Gasteiger partial charge in [0.1, 0.15) is 0 Å². The first-order valence-electron chi connectivity index (χ1n) is 3.26. The molecule has 0 radical (unpaired) electrons. The minimum atomic E-state index is -2.12. The van der Waals surface area contributed by atoms with Gasteiger partial charge in [0.2, 0.25) is 0 Å². The van der Waals surface area contributed by atoms with Crippen LogP contribution in [-0.2, 0) is 0 Å². The smallest absolute Gasteiger partial charge is 0.889 e. The van der Waals surface area contributed by atoms with Crippen LogP contribution in [0.2, 0.25) is 0 Å². The average Bonchev–Trinajstić information content (AvgIpc) is 2.04. The molecule has 0 amide bonds. The molecule has 62 valence electrons. The molecule has 1 rings (SSSR count). The van der Waals surface area contributed by atoms with E-state index >= 15 is 0 Å². The third-order valence-corrected chi connectivity index (χ3v) is 1.41. The molecule has 0 aliphatic heterocycles. The molecule has 0 bridgehead atoms. The van der Waals surface area contributed by atoms with Crippen LogP contribution in [0.1, 0.15) is 10.4 Å². The molecule has 0 saturated heterocycles. The van der Waals surface area contributed by atoms with Gasteiger partial charge in [-0.1, -0.05) is 25.3 Å². The molecule has 0 aliphatic rings. The van der Waals surface area contributed by atoms with Gasteiger partial charge in [-0.15, -0.1) is 5.46 Å². The van der Waals surface area contributed by atoms with Crippen LogP contribution in [-0.4, -0.2) is 18.2 Å². The van der Waals surface area contributed by atoms with Gasteiger partial charge in [-0.2, -0.15) is 0 Å². The van der Waals surface area contributed by atoms with Crippen LogP contribution >= 0.6 is 0 Å². The van der Waals surface area contributed by atoms with E-state index in [4.69, 9.17) is 5.11 Å². The summed E-state index contributed by atoms with van der Waals surface area (Å²) in [6, 6.07) is 5.11. The minimum Gasteiger partial charge on any atom is -0.889 e. The number of hydrogen-bond acceptors (Lipinski definition) is 3. The predicted octanol–water partition coefficient (Wildman–Crippen LogP) is -8.19. The Bertz CT molecular complexity index is 305. The summed E-state index contributed by atoms with van der Waals surface area (Å²) < 4.78 is 0. The Morgan fingerprint density at radius 3 is 2.29 bits per heavy atom. The molecule has 0 unspecified atom stereocenters. The van der Waals surface area contributed by atoms with E-state index in [1.165, 1.54) is 18.2 Å². The summed E-state index contributed by atoms with van der Waals surface area (Å²) in [6.07, 6.45) is 0. The maximum atomic E-state index is 10.4. The summed E-state index contributed by atoms with van der Waals surface area (Å²) in [5, 5.41) is 29.2. The zero-order valence-electron chi connectivity index (χ0n) is 8.06. The molecular formula is C7H5BNa2O4.